The topological polar surface area (TPSA) is 103 Å². The minimum atomic E-state index is -0.667. The fraction of sp³-hybridized carbons (Fsp3) is 0.118. The van der Waals surface area contributed by atoms with Crippen molar-refractivity contribution in [1.29, 1.82) is 0 Å². The lowest BCUT2D eigenvalue weighted by molar-refractivity contribution is 0.0944. The molecule has 1 atom stereocenters. The van der Waals surface area contributed by atoms with Crippen LogP contribution in [0.4, 0.5) is 0 Å². The van der Waals surface area contributed by atoms with Crippen molar-refractivity contribution in [1.82, 2.24) is 0 Å². The molecule has 0 aliphatic heterocycles. The Morgan fingerprint density at radius 3 is 1.77 bits per heavy atom. The van der Waals surface area contributed by atoms with Gasteiger partial charge in [-0.15, -0.1) is 0 Å². The Morgan fingerprint density at radius 1 is 0.773 bits per heavy atom. The first kappa shape index (κ1) is 15.4. The van der Waals surface area contributed by atoms with Crippen molar-refractivity contribution < 1.29 is 14.4 Å². The molecule has 0 saturated carbocycles. The second-order valence-electron chi connectivity index (χ2n) is 4.95. The zero-order valence-corrected chi connectivity index (χ0v) is 12.1. The van der Waals surface area contributed by atoms with Crippen molar-refractivity contribution in [2.24, 2.45) is 11.5 Å². The van der Waals surface area contributed by atoms with Gasteiger partial charge in [0.25, 0.3) is 0 Å². The van der Waals surface area contributed by atoms with E-state index in [1.165, 1.54) is 6.07 Å². The van der Waals surface area contributed by atoms with Gasteiger partial charge in [-0.05, 0) is 17.7 Å². The first-order chi connectivity index (χ1) is 10.4. The molecule has 0 aliphatic rings. The van der Waals surface area contributed by atoms with E-state index in [9.17, 15) is 14.4 Å². The Morgan fingerprint density at radius 2 is 1.23 bits per heavy atom. The summed E-state index contributed by atoms with van der Waals surface area (Å²) in [7, 11) is 0. The van der Waals surface area contributed by atoms with Gasteiger partial charge < -0.3 is 11.5 Å². The second-order valence-corrected chi connectivity index (χ2v) is 4.95. The quantitative estimate of drug-likeness (QED) is 0.823. The Labute approximate surface area is 127 Å². The van der Waals surface area contributed by atoms with Gasteiger partial charge in [0.15, 0.2) is 5.78 Å². The van der Waals surface area contributed by atoms with Crippen LogP contribution in [0.3, 0.4) is 0 Å². The fourth-order valence-electron chi connectivity index (χ4n) is 2.39. The van der Waals surface area contributed by atoms with Crippen LogP contribution in [-0.4, -0.2) is 17.6 Å². The van der Waals surface area contributed by atoms with Crippen molar-refractivity contribution >= 4 is 17.6 Å². The molecular formula is C17H16N2O3. The monoisotopic (exact) mass is 296 g/mol. The number of benzene rings is 2. The summed E-state index contributed by atoms with van der Waals surface area (Å²) in [5.41, 5.74) is 11.9. The van der Waals surface area contributed by atoms with Gasteiger partial charge in [-0.25, -0.2) is 0 Å². The third kappa shape index (κ3) is 2.88. The Balaban J connectivity index is 2.47. The highest BCUT2D eigenvalue weighted by Gasteiger charge is 2.24. The number of rotatable bonds is 5. The molecule has 1 unspecified atom stereocenters. The lowest BCUT2D eigenvalue weighted by Gasteiger charge is -2.15. The second kappa shape index (κ2) is 6.22. The summed E-state index contributed by atoms with van der Waals surface area (Å²) >= 11 is 0. The van der Waals surface area contributed by atoms with Gasteiger partial charge in [-0.2, -0.15) is 0 Å². The van der Waals surface area contributed by atoms with Crippen molar-refractivity contribution in [3.63, 3.8) is 0 Å². The molecule has 0 heterocycles. The molecule has 22 heavy (non-hydrogen) atoms. The van der Waals surface area contributed by atoms with E-state index in [-0.39, 0.29) is 16.9 Å². The van der Waals surface area contributed by atoms with Gasteiger partial charge in [0.05, 0.1) is 0 Å². The zero-order chi connectivity index (χ0) is 16.3. The number of carbonyl (C=O) groups excluding carboxylic acids is 3. The van der Waals surface area contributed by atoms with Crippen molar-refractivity contribution in [3.05, 3.63) is 70.8 Å². The summed E-state index contributed by atoms with van der Waals surface area (Å²) in [5, 5.41) is 0. The van der Waals surface area contributed by atoms with Gasteiger partial charge in [-0.3, -0.25) is 14.4 Å². The van der Waals surface area contributed by atoms with Gasteiger partial charge in [0.2, 0.25) is 11.8 Å². The van der Waals surface area contributed by atoms with Crippen LogP contribution in [0.5, 0.6) is 0 Å². The molecule has 0 spiro atoms. The van der Waals surface area contributed by atoms with Crippen LogP contribution < -0.4 is 11.5 Å². The predicted molar refractivity (Wildman–Crippen MR) is 82.7 cm³/mol. The number of hydrogen-bond donors (Lipinski definition) is 2. The lowest BCUT2D eigenvalue weighted by atomic mass is 9.87. The number of ketones is 1. The molecule has 0 aromatic heterocycles. The molecule has 2 rings (SSSR count). The van der Waals surface area contributed by atoms with Crippen LogP contribution in [0.25, 0.3) is 0 Å². The molecule has 0 aliphatic carbocycles. The van der Waals surface area contributed by atoms with Gasteiger partial charge in [-0.1, -0.05) is 43.3 Å². The zero-order valence-electron chi connectivity index (χ0n) is 12.1. The van der Waals surface area contributed by atoms with E-state index in [2.05, 4.69) is 0 Å². The van der Waals surface area contributed by atoms with Gasteiger partial charge in [0, 0.05) is 22.6 Å². The van der Waals surface area contributed by atoms with Crippen LogP contribution in [0, 0.1) is 0 Å². The summed E-state index contributed by atoms with van der Waals surface area (Å²) in [6, 6.07) is 13.0. The first-order valence-electron chi connectivity index (χ1n) is 6.75. The molecule has 0 fully saturated rings. The maximum Gasteiger partial charge on any atom is 0.249 e. The van der Waals surface area contributed by atoms with E-state index < -0.39 is 17.7 Å². The molecule has 0 bridgehead atoms. The van der Waals surface area contributed by atoms with Crippen LogP contribution >= 0.6 is 0 Å². The number of amides is 2. The van der Waals surface area contributed by atoms with Crippen molar-refractivity contribution in [2.45, 2.75) is 12.8 Å². The van der Waals surface area contributed by atoms with Gasteiger partial charge in [0.1, 0.15) is 0 Å². The summed E-state index contributed by atoms with van der Waals surface area (Å²) < 4.78 is 0. The average molecular weight is 296 g/mol. The highest BCUT2D eigenvalue weighted by molar-refractivity contribution is 6.10. The van der Waals surface area contributed by atoms with E-state index in [4.69, 9.17) is 11.5 Å². The molecule has 2 aromatic carbocycles. The van der Waals surface area contributed by atoms with Gasteiger partial charge >= 0.3 is 0 Å². The Hall–Kier alpha value is -2.95. The maximum atomic E-state index is 12.7. The summed E-state index contributed by atoms with van der Waals surface area (Å²) in [5.74, 6) is -2.18. The Kier molecular flexibility index (Phi) is 4.36. The van der Waals surface area contributed by atoms with Crippen molar-refractivity contribution in [2.75, 3.05) is 0 Å². The standard InChI is InChI=1S/C17H16N2O3/c1-10(11-6-2-4-8-13(11)16(18)21)15(20)12-7-3-5-9-14(12)17(19)22/h2-10H,1H3,(H2,18,21)(H2,19,22). The maximum absolute atomic E-state index is 12.7. The molecule has 4 N–H and O–H groups in total. The van der Waals surface area contributed by atoms with E-state index in [1.54, 1.807) is 49.4 Å². The number of nitrogens with two attached hydrogens (primary N) is 2. The number of primary amides is 2. The van der Waals surface area contributed by atoms with E-state index in [1.807, 2.05) is 0 Å². The lowest BCUT2D eigenvalue weighted by Crippen LogP contribution is -2.21. The third-order valence-corrected chi connectivity index (χ3v) is 3.54. The third-order valence-electron chi connectivity index (χ3n) is 3.54. The Bertz CT molecular complexity index is 753. The highest BCUT2D eigenvalue weighted by atomic mass is 16.1. The first-order valence-corrected chi connectivity index (χ1v) is 6.75. The normalized spacial score (nSPS) is 11.7. The fourth-order valence-corrected chi connectivity index (χ4v) is 2.39. The van der Waals surface area contributed by atoms with E-state index >= 15 is 0 Å². The molecule has 0 saturated heterocycles. The number of hydrogen-bond acceptors (Lipinski definition) is 3. The van der Waals surface area contributed by atoms with Crippen molar-refractivity contribution in [3.8, 4) is 0 Å². The average Bonchev–Trinajstić information content (AvgIpc) is 2.53. The number of Topliss-reactive ketones (excluding diaryl/α,β-unsaturated/α-hetero) is 1. The minimum Gasteiger partial charge on any atom is -0.366 e. The molecule has 2 aromatic rings. The van der Waals surface area contributed by atoms with E-state index in [0.29, 0.717) is 11.1 Å². The smallest absolute Gasteiger partial charge is 0.249 e. The number of carbonyl (C=O) groups is 3. The summed E-state index contributed by atoms with van der Waals surface area (Å²) in [6.45, 7) is 1.67. The SMILES string of the molecule is CC(C(=O)c1ccccc1C(N)=O)c1ccccc1C(N)=O. The summed E-state index contributed by atoms with van der Waals surface area (Å²) in [6.07, 6.45) is 0. The summed E-state index contributed by atoms with van der Waals surface area (Å²) in [4.78, 5) is 35.6. The molecule has 5 nitrogen and oxygen atoms in total. The van der Waals surface area contributed by atoms with Crippen LogP contribution in [0.15, 0.2) is 48.5 Å². The molecule has 2 amide bonds. The van der Waals surface area contributed by atoms with Crippen LogP contribution in [0.2, 0.25) is 0 Å². The largest absolute Gasteiger partial charge is 0.366 e. The highest BCUT2D eigenvalue weighted by Crippen LogP contribution is 2.25. The molecule has 5 heteroatoms. The van der Waals surface area contributed by atoms with Crippen LogP contribution in [-0.2, 0) is 0 Å². The molecule has 0 radical (unpaired) electrons. The van der Waals surface area contributed by atoms with Crippen LogP contribution in [0.1, 0.15) is 49.5 Å². The molecular weight excluding hydrogens is 280 g/mol. The van der Waals surface area contributed by atoms with E-state index in [0.717, 1.165) is 0 Å². The minimum absolute atomic E-state index is 0.163. The predicted octanol–water partition coefficient (Wildman–Crippen LogP) is 1.87. The molecule has 112 valence electrons.